The summed E-state index contributed by atoms with van der Waals surface area (Å²) in [7, 11) is 0. The number of aliphatic hydroxyl groups excluding tert-OH is 1. The van der Waals surface area contributed by atoms with Crippen molar-refractivity contribution in [2.24, 2.45) is 11.8 Å². The third kappa shape index (κ3) is 3.79. The lowest BCUT2D eigenvalue weighted by atomic mass is 9.78. The predicted octanol–water partition coefficient (Wildman–Crippen LogP) is 2.15. The number of rotatable bonds is 5. The van der Waals surface area contributed by atoms with Crippen LogP contribution in [-0.2, 0) is 19.1 Å². The van der Waals surface area contributed by atoms with Crippen molar-refractivity contribution in [1.29, 1.82) is 0 Å². The molecule has 0 aromatic carbocycles. The summed E-state index contributed by atoms with van der Waals surface area (Å²) in [5, 5.41) is 8.94. The van der Waals surface area contributed by atoms with Crippen molar-refractivity contribution < 1.29 is 24.2 Å². The molecule has 0 aromatic rings. The van der Waals surface area contributed by atoms with Gasteiger partial charge in [0.1, 0.15) is 6.04 Å². The Bertz CT molecular complexity index is 835. The number of cyclic esters (lactones) is 1. The second-order valence-electron chi connectivity index (χ2n) is 10.1. The molecule has 2 saturated heterocycles. The highest BCUT2D eigenvalue weighted by molar-refractivity contribution is 8.02. The maximum Gasteiger partial charge on any atom is 0.311 e. The molecule has 1 spiro atoms. The summed E-state index contributed by atoms with van der Waals surface area (Å²) < 4.78 is 4.71. The van der Waals surface area contributed by atoms with Crippen LogP contribution in [0.15, 0.2) is 24.3 Å². The number of carbonyl (C=O) groups excluding carboxylic acids is 3. The van der Waals surface area contributed by atoms with E-state index in [1.807, 2.05) is 50.0 Å². The lowest BCUT2D eigenvalue weighted by Gasteiger charge is -2.40. The van der Waals surface area contributed by atoms with Crippen molar-refractivity contribution in [3.05, 3.63) is 24.3 Å². The molecule has 4 aliphatic heterocycles. The van der Waals surface area contributed by atoms with Crippen molar-refractivity contribution >= 4 is 29.5 Å². The molecule has 0 aliphatic carbocycles. The highest BCUT2D eigenvalue weighted by Gasteiger charge is 2.71. The van der Waals surface area contributed by atoms with E-state index in [-0.39, 0.29) is 35.2 Å². The van der Waals surface area contributed by atoms with Crippen LogP contribution in [0.3, 0.4) is 0 Å². The summed E-state index contributed by atoms with van der Waals surface area (Å²) in [4.78, 5) is 44.4. The van der Waals surface area contributed by atoms with Crippen LogP contribution in [0.25, 0.3) is 0 Å². The Morgan fingerprint density at radius 2 is 1.94 bits per heavy atom. The van der Waals surface area contributed by atoms with Crippen LogP contribution in [0, 0.1) is 11.8 Å². The number of carbonyl (C=O) groups is 3. The molecule has 1 N–H and O–H groups in total. The summed E-state index contributed by atoms with van der Waals surface area (Å²) in [6, 6.07) is -0.647. The number of esters is 1. The number of hydrogen-bond donors (Lipinski definition) is 1. The first-order valence-electron chi connectivity index (χ1n) is 11.6. The summed E-state index contributed by atoms with van der Waals surface area (Å²) >= 11 is 1.58. The number of fused-ring (bicyclic) bond motifs is 2. The Morgan fingerprint density at radius 3 is 2.66 bits per heavy atom. The van der Waals surface area contributed by atoms with Crippen LogP contribution in [0.5, 0.6) is 0 Å². The van der Waals surface area contributed by atoms with Crippen LogP contribution >= 0.6 is 11.8 Å². The fraction of sp³-hybridized carbons (Fsp3) is 0.708. The third-order valence-electron chi connectivity index (χ3n) is 6.99. The molecule has 4 heterocycles. The topological polar surface area (TPSA) is 87.2 Å². The van der Waals surface area contributed by atoms with E-state index in [0.717, 1.165) is 6.42 Å². The molecule has 32 heavy (non-hydrogen) atoms. The number of ether oxygens (including phenoxy) is 1. The van der Waals surface area contributed by atoms with Crippen molar-refractivity contribution in [3.8, 4) is 0 Å². The van der Waals surface area contributed by atoms with Gasteiger partial charge in [0.25, 0.3) is 0 Å². The van der Waals surface area contributed by atoms with E-state index in [0.29, 0.717) is 39.0 Å². The number of amides is 2. The molecule has 4 aliphatic rings. The monoisotopic (exact) mass is 462 g/mol. The van der Waals surface area contributed by atoms with E-state index < -0.39 is 22.6 Å². The molecule has 2 fully saturated rings. The lowest BCUT2D eigenvalue weighted by Crippen LogP contribution is -2.57. The van der Waals surface area contributed by atoms with Crippen molar-refractivity contribution in [3.63, 3.8) is 0 Å². The fourth-order valence-electron chi connectivity index (χ4n) is 5.52. The SMILES string of the molecule is CC(C)(C)N1CC=C[C@]23S[C@@H]4C=CCCOC(=O)[C@@H]4[C@H]2C(=O)N(CCCCCO)C3C1=O. The van der Waals surface area contributed by atoms with Crippen LogP contribution in [-0.4, -0.2) is 80.6 Å². The van der Waals surface area contributed by atoms with Gasteiger partial charge in [-0.05, 0) is 46.5 Å². The zero-order valence-electron chi connectivity index (χ0n) is 19.2. The highest BCUT2D eigenvalue weighted by atomic mass is 32.2. The third-order valence-corrected chi connectivity index (χ3v) is 8.73. The van der Waals surface area contributed by atoms with E-state index in [2.05, 4.69) is 0 Å². The number of aliphatic hydroxyl groups is 1. The maximum absolute atomic E-state index is 14.0. The van der Waals surface area contributed by atoms with Gasteiger partial charge >= 0.3 is 5.97 Å². The van der Waals surface area contributed by atoms with Gasteiger partial charge < -0.3 is 19.6 Å². The van der Waals surface area contributed by atoms with Gasteiger partial charge in [-0.1, -0.05) is 24.3 Å². The standard InChI is InChI=1S/C24H34N2O5S/c1-23(2,3)26-13-9-11-24-18(17-16(32-24)10-5-8-15-31-22(17)30)20(28)25(19(24)21(26)29)12-6-4-7-14-27/h5,9-11,16-19,27H,4,6-8,12-15H2,1-3H3/t16-,17+,18+,19?,24+/m1/s1. The molecule has 0 bridgehead atoms. The van der Waals surface area contributed by atoms with E-state index >= 15 is 0 Å². The Hall–Kier alpha value is -1.80. The average molecular weight is 463 g/mol. The molecule has 0 saturated carbocycles. The molecule has 8 heteroatoms. The largest absolute Gasteiger partial charge is 0.465 e. The first-order valence-corrected chi connectivity index (χ1v) is 12.5. The van der Waals surface area contributed by atoms with Crippen LogP contribution < -0.4 is 0 Å². The van der Waals surface area contributed by atoms with Gasteiger partial charge in [0.2, 0.25) is 11.8 Å². The van der Waals surface area contributed by atoms with Gasteiger partial charge in [0, 0.05) is 30.5 Å². The molecule has 7 nitrogen and oxygen atoms in total. The molecule has 4 rings (SSSR count). The van der Waals surface area contributed by atoms with E-state index in [1.54, 1.807) is 16.7 Å². The molecule has 0 radical (unpaired) electrons. The van der Waals surface area contributed by atoms with Gasteiger partial charge in [0.15, 0.2) is 0 Å². The first-order chi connectivity index (χ1) is 15.2. The van der Waals surface area contributed by atoms with Crippen LogP contribution in [0.1, 0.15) is 46.5 Å². The second kappa shape index (κ2) is 8.86. The first kappa shape index (κ1) is 23.4. The zero-order chi connectivity index (χ0) is 23.1. The van der Waals surface area contributed by atoms with Gasteiger partial charge in [0.05, 0.1) is 23.2 Å². The van der Waals surface area contributed by atoms with Crippen molar-refractivity contribution in [1.82, 2.24) is 9.80 Å². The fourth-order valence-corrected chi connectivity index (χ4v) is 7.52. The van der Waals surface area contributed by atoms with Crippen LogP contribution in [0.2, 0.25) is 0 Å². The molecule has 2 amide bonds. The van der Waals surface area contributed by atoms with Gasteiger partial charge in [-0.2, -0.15) is 0 Å². The number of thioether (sulfide) groups is 1. The molecular formula is C24H34N2O5S. The Kier molecular flexibility index (Phi) is 6.47. The number of hydrogen-bond acceptors (Lipinski definition) is 6. The summed E-state index contributed by atoms with van der Waals surface area (Å²) in [6.45, 7) is 7.38. The minimum atomic E-state index is -0.784. The second-order valence-corrected chi connectivity index (χ2v) is 11.6. The molecule has 1 unspecified atom stereocenters. The zero-order valence-corrected chi connectivity index (χ0v) is 20.0. The Labute approximate surface area is 194 Å². The quantitative estimate of drug-likeness (QED) is 0.383. The Morgan fingerprint density at radius 1 is 1.16 bits per heavy atom. The van der Waals surface area contributed by atoms with Crippen molar-refractivity contribution in [2.45, 2.75) is 68.0 Å². The minimum absolute atomic E-state index is 0.0559. The summed E-state index contributed by atoms with van der Waals surface area (Å²) in [5.41, 5.74) is -0.388. The molecule has 176 valence electrons. The summed E-state index contributed by atoms with van der Waals surface area (Å²) in [6.07, 6.45) is 10.9. The Balaban J connectivity index is 1.77. The molecular weight excluding hydrogens is 428 g/mol. The summed E-state index contributed by atoms with van der Waals surface area (Å²) in [5.74, 6) is -1.72. The molecule has 0 aromatic heterocycles. The minimum Gasteiger partial charge on any atom is -0.465 e. The van der Waals surface area contributed by atoms with Gasteiger partial charge in [-0.3, -0.25) is 14.4 Å². The van der Waals surface area contributed by atoms with Gasteiger partial charge in [-0.15, -0.1) is 11.8 Å². The van der Waals surface area contributed by atoms with E-state index in [9.17, 15) is 14.4 Å². The van der Waals surface area contributed by atoms with Crippen molar-refractivity contribution in [2.75, 3.05) is 26.3 Å². The predicted molar refractivity (Wildman–Crippen MR) is 123 cm³/mol. The maximum atomic E-state index is 14.0. The lowest BCUT2D eigenvalue weighted by molar-refractivity contribution is -0.153. The molecule has 5 atom stereocenters. The van der Waals surface area contributed by atoms with E-state index in [1.165, 1.54) is 0 Å². The normalized spacial score (nSPS) is 34.6. The van der Waals surface area contributed by atoms with E-state index in [4.69, 9.17) is 9.84 Å². The average Bonchev–Trinajstić information content (AvgIpc) is 3.08. The highest BCUT2D eigenvalue weighted by Crippen LogP contribution is 2.61. The number of likely N-dealkylation sites (tertiary alicyclic amines) is 1. The number of unbranched alkanes of at least 4 members (excludes halogenated alkanes) is 2. The number of nitrogens with zero attached hydrogens (tertiary/aromatic N) is 2. The van der Waals surface area contributed by atoms with Crippen LogP contribution in [0.4, 0.5) is 0 Å². The smallest absolute Gasteiger partial charge is 0.311 e. The van der Waals surface area contributed by atoms with Gasteiger partial charge in [-0.25, -0.2) is 0 Å².